The molecule has 0 aliphatic carbocycles. The van der Waals surface area contributed by atoms with Gasteiger partial charge in [-0.2, -0.15) is 5.10 Å². The predicted molar refractivity (Wildman–Crippen MR) is 90.4 cm³/mol. The second kappa shape index (κ2) is 6.44. The van der Waals surface area contributed by atoms with E-state index in [2.05, 4.69) is 15.5 Å². The number of fused-ring (bicyclic) bond motifs is 1. The number of hydrazone groups is 1. The Hall–Kier alpha value is -2.60. The van der Waals surface area contributed by atoms with Gasteiger partial charge in [0.25, 0.3) is 0 Å². The third kappa shape index (κ3) is 3.01. The average Bonchev–Trinajstić information content (AvgIpc) is 2.97. The van der Waals surface area contributed by atoms with Gasteiger partial charge in [0.05, 0.1) is 30.7 Å². The highest BCUT2D eigenvalue weighted by atomic mass is 32.1. The number of hydrogen-bond donors (Lipinski definition) is 1. The van der Waals surface area contributed by atoms with E-state index in [4.69, 9.17) is 9.47 Å². The van der Waals surface area contributed by atoms with Gasteiger partial charge < -0.3 is 9.47 Å². The summed E-state index contributed by atoms with van der Waals surface area (Å²) in [5.41, 5.74) is 4.74. The molecule has 0 unspecified atom stereocenters. The molecule has 0 atom stereocenters. The van der Waals surface area contributed by atoms with Crippen molar-refractivity contribution < 1.29 is 9.47 Å². The summed E-state index contributed by atoms with van der Waals surface area (Å²) >= 11 is 1.56. The van der Waals surface area contributed by atoms with Gasteiger partial charge in [0.1, 0.15) is 11.5 Å². The molecule has 112 valence electrons. The molecule has 0 amide bonds. The maximum atomic E-state index is 5.31. The molecule has 6 heteroatoms. The lowest BCUT2D eigenvalue weighted by molar-refractivity contribution is 0.402. The third-order valence-corrected chi connectivity index (χ3v) is 4.04. The minimum absolute atomic E-state index is 0.732. The molecule has 3 aromatic rings. The molecule has 1 aromatic heterocycles. The minimum atomic E-state index is 0.732. The zero-order valence-electron chi connectivity index (χ0n) is 12.2. The first-order valence-corrected chi connectivity index (χ1v) is 7.48. The number of ether oxygens (including phenoxy) is 2. The SMILES string of the molecule is COc1ccc(OC)c(/C=N/Nc2nc3ccccc3s2)c1. The van der Waals surface area contributed by atoms with Crippen LogP contribution in [0.1, 0.15) is 5.56 Å². The van der Waals surface area contributed by atoms with Gasteiger partial charge in [-0.25, -0.2) is 4.98 Å². The highest BCUT2D eigenvalue weighted by molar-refractivity contribution is 7.22. The summed E-state index contributed by atoms with van der Waals surface area (Å²) in [7, 11) is 3.25. The van der Waals surface area contributed by atoms with Crippen LogP contribution in [0.4, 0.5) is 5.13 Å². The lowest BCUT2D eigenvalue weighted by Gasteiger charge is -2.06. The van der Waals surface area contributed by atoms with E-state index in [0.717, 1.165) is 32.4 Å². The number of aromatic nitrogens is 1. The molecule has 0 aliphatic heterocycles. The van der Waals surface area contributed by atoms with Gasteiger partial charge in [-0.05, 0) is 30.3 Å². The largest absolute Gasteiger partial charge is 0.497 e. The fourth-order valence-electron chi connectivity index (χ4n) is 2.02. The molecule has 22 heavy (non-hydrogen) atoms. The molecule has 1 N–H and O–H groups in total. The molecular formula is C16H15N3O2S. The van der Waals surface area contributed by atoms with Crippen molar-refractivity contribution in [1.82, 2.24) is 4.98 Å². The fourth-order valence-corrected chi connectivity index (χ4v) is 2.83. The molecule has 3 rings (SSSR count). The zero-order valence-corrected chi connectivity index (χ0v) is 13.1. The lowest BCUT2D eigenvalue weighted by atomic mass is 10.2. The second-order valence-corrected chi connectivity index (χ2v) is 5.50. The smallest absolute Gasteiger partial charge is 0.204 e. The fraction of sp³-hybridized carbons (Fsp3) is 0.125. The summed E-state index contributed by atoms with van der Waals surface area (Å²) in [6.07, 6.45) is 1.69. The van der Waals surface area contributed by atoms with Gasteiger partial charge in [0.15, 0.2) is 0 Å². The lowest BCUT2D eigenvalue weighted by Crippen LogP contribution is -1.95. The Balaban J connectivity index is 1.79. The van der Waals surface area contributed by atoms with Crippen molar-refractivity contribution in [3.05, 3.63) is 48.0 Å². The number of nitrogens with one attached hydrogen (secondary N) is 1. The number of methoxy groups -OCH3 is 2. The van der Waals surface area contributed by atoms with Crippen LogP contribution in [0.15, 0.2) is 47.6 Å². The minimum Gasteiger partial charge on any atom is -0.497 e. The Labute approximate surface area is 132 Å². The number of para-hydroxylation sites is 1. The molecule has 5 nitrogen and oxygen atoms in total. The normalized spacial score (nSPS) is 11.0. The van der Waals surface area contributed by atoms with Crippen molar-refractivity contribution in [2.24, 2.45) is 5.10 Å². The van der Waals surface area contributed by atoms with Crippen LogP contribution >= 0.6 is 11.3 Å². The molecule has 0 saturated carbocycles. The number of hydrogen-bond acceptors (Lipinski definition) is 6. The van der Waals surface area contributed by atoms with Crippen LogP contribution in [-0.2, 0) is 0 Å². The molecule has 0 saturated heterocycles. The van der Waals surface area contributed by atoms with Gasteiger partial charge in [0, 0.05) is 5.56 Å². The zero-order chi connectivity index (χ0) is 15.4. The Morgan fingerprint density at radius 1 is 1.14 bits per heavy atom. The van der Waals surface area contributed by atoms with Gasteiger partial charge in [-0.15, -0.1) is 0 Å². The molecule has 1 heterocycles. The van der Waals surface area contributed by atoms with E-state index in [9.17, 15) is 0 Å². The highest BCUT2D eigenvalue weighted by Gasteiger charge is 2.03. The van der Waals surface area contributed by atoms with E-state index >= 15 is 0 Å². The summed E-state index contributed by atoms with van der Waals surface area (Å²) < 4.78 is 11.6. The quantitative estimate of drug-likeness (QED) is 0.575. The van der Waals surface area contributed by atoms with Crippen molar-refractivity contribution in [3.63, 3.8) is 0 Å². The Kier molecular flexibility index (Phi) is 4.20. The summed E-state index contributed by atoms with van der Waals surface area (Å²) in [4.78, 5) is 4.46. The van der Waals surface area contributed by atoms with Crippen molar-refractivity contribution in [2.75, 3.05) is 19.6 Å². The topological polar surface area (TPSA) is 55.7 Å². The number of nitrogens with zero attached hydrogens (tertiary/aromatic N) is 2. The number of benzene rings is 2. The number of anilines is 1. The van der Waals surface area contributed by atoms with Crippen LogP contribution in [0.3, 0.4) is 0 Å². The highest BCUT2D eigenvalue weighted by Crippen LogP contribution is 2.26. The molecule has 0 aliphatic rings. The van der Waals surface area contributed by atoms with E-state index < -0.39 is 0 Å². The Morgan fingerprint density at radius 3 is 2.77 bits per heavy atom. The van der Waals surface area contributed by atoms with Crippen LogP contribution in [0.5, 0.6) is 11.5 Å². The Morgan fingerprint density at radius 2 is 2.00 bits per heavy atom. The van der Waals surface area contributed by atoms with Crippen LogP contribution < -0.4 is 14.9 Å². The van der Waals surface area contributed by atoms with Gasteiger partial charge in [0.2, 0.25) is 5.13 Å². The standard InChI is InChI=1S/C16H15N3O2S/c1-20-12-7-8-14(21-2)11(9-12)10-17-19-16-18-13-5-3-4-6-15(13)22-16/h3-10H,1-2H3,(H,18,19)/b17-10+. The summed E-state index contributed by atoms with van der Waals surface area (Å²) in [6, 6.07) is 13.5. The molecule has 0 spiro atoms. The van der Waals surface area contributed by atoms with Crippen molar-refractivity contribution >= 4 is 32.9 Å². The monoisotopic (exact) mass is 313 g/mol. The first-order valence-electron chi connectivity index (χ1n) is 6.67. The molecule has 2 aromatic carbocycles. The van der Waals surface area contributed by atoms with Crippen LogP contribution in [0.2, 0.25) is 0 Å². The molecule has 0 fully saturated rings. The Bertz CT molecular complexity index is 781. The van der Waals surface area contributed by atoms with Crippen LogP contribution in [-0.4, -0.2) is 25.4 Å². The van der Waals surface area contributed by atoms with Crippen molar-refractivity contribution in [1.29, 1.82) is 0 Å². The van der Waals surface area contributed by atoms with Gasteiger partial charge in [-0.3, -0.25) is 5.43 Å². The summed E-state index contributed by atoms with van der Waals surface area (Å²) in [6.45, 7) is 0. The maximum absolute atomic E-state index is 5.31. The first-order chi connectivity index (χ1) is 10.8. The number of rotatable bonds is 5. The number of thiazole rings is 1. The van der Waals surface area contributed by atoms with Crippen molar-refractivity contribution in [3.8, 4) is 11.5 Å². The van der Waals surface area contributed by atoms with Crippen LogP contribution in [0.25, 0.3) is 10.2 Å². The maximum Gasteiger partial charge on any atom is 0.204 e. The van der Waals surface area contributed by atoms with Crippen LogP contribution in [0, 0.1) is 0 Å². The predicted octanol–water partition coefficient (Wildman–Crippen LogP) is 3.76. The van der Waals surface area contributed by atoms with E-state index in [1.807, 2.05) is 42.5 Å². The van der Waals surface area contributed by atoms with Crippen molar-refractivity contribution in [2.45, 2.75) is 0 Å². The van der Waals surface area contributed by atoms with E-state index in [1.165, 1.54) is 0 Å². The average molecular weight is 313 g/mol. The van der Waals surface area contributed by atoms with Gasteiger partial charge >= 0.3 is 0 Å². The van der Waals surface area contributed by atoms with Gasteiger partial charge in [-0.1, -0.05) is 23.5 Å². The summed E-state index contributed by atoms with van der Waals surface area (Å²) in [5, 5.41) is 4.98. The molecule has 0 radical (unpaired) electrons. The third-order valence-electron chi connectivity index (χ3n) is 3.09. The van der Waals surface area contributed by atoms with E-state index in [1.54, 1.807) is 31.8 Å². The molecule has 0 bridgehead atoms. The van der Waals surface area contributed by atoms with E-state index in [-0.39, 0.29) is 0 Å². The second-order valence-electron chi connectivity index (χ2n) is 4.46. The van der Waals surface area contributed by atoms with E-state index in [0.29, 0.717) is 0 Å². The summed E-state index contributed by atoms with van der Waals surface area (Å²) in [5.74, 6) is 1.48. The molecular weight excluding hydrogens is 298 g/mol. The first kappa shape index (κ1) is 14.3.